The normalized spacial score (nSPS) is 14.1. The van der Waals surface area contributed by atoms with Crippen molar-refractivity contribution < 1.29 is 9.53 Å². The topological polar surface area (TPSA) is 76.1 Å². The van der Waals surface area contributed by atoms with Gasteiger partial charge in [-0.15, -0.1) is 0 Å². The zero-order valence-electron chi connectivity index (χ0n) is 15.3. The van der Waals surface area contributed by atoms with Crippen LogP contribution in [0.25, 0.3) is 11.3 Å². The number of carbonyl (C=O) groups is 1. The maximum atomic E-state index is 12.1. The summed E-state index contributed by atoms with van der Waals surface area (Å²) in [5.74, 6) is 1.22. The number of rotatable bonds is 0. The van der Waals surface area contributed by atoms with Gasteiger partial charge in [0.15, 0.2) is 0 Å². The summed E-state index contributed by atoms with van der Waals surface area (Å²) >= 11 is 0. The minimum Gasteiger partial charge on any atom is -0.490 e. The van der Waals surface area contributed by atoms with Gasteiger partial charge in [0, 0.05) is 29.6 Å². The smallest absolute Gasteiger partial charge is 0.227 e. The molecule has 2 aromatic carbocycles. The number of ether oxygens (including phenoxy) is 1. The van der Waals surface area contributed by atoms with Gasteiger partial charge in [-0.3, -0.25) is 4.79 Å². The lowest BCUT2D eigenvalue weighted by Crippen LogP contribution is -2.11. The molecule has 0 aliphatic carbocycles. The van der Waals surface area contributed by atoms with Crippen molar-refractivity contribution in [3.63, 3.8) is 0 Å². The van der Waals surface area contributed by atoms with Gasteiger partial charge >= 0.3 is 0 Å². The molecule has 0 saturated heterocycles. The van der Waals surface area contributed by atoms with Crippen molar-refractivity contribution in [3.05, 3.63) is 72.9 Å². The van der Waals surface area contributed by atoms with Crippen molar-refractivity contribution in [2.75, 3.05) is 17.2 Å². The maximum Gasteiger partial charge on any atom is 0.227 e. The summed E-state index contributed by atoms with van der Waals surface area (Å²) in [6.45, 7) is 0.448. The van der Waals surface area contributed by atoms with Crippen molar-refractivity contribution in [3.8, 4) is 17.0 Å². The van der Waals surface area contributed by atoms with E-state index in [1.54, 1.807) is 6.20 Å². The average molecular weight is 372 g/mol. The van der Waals surface area contributed by atoms with Crippen LogP contribution in [0, 0.1) is 0 Å². The Balaban J connectivity index is 1.68. The van der Waals surface area contributed by atoms with Crippen molar-refractivity contribution in [1.29, 1.82) is 0 Å². The van der Waals surface area contributed by atoms with Crippen LogP contribution in [0.1, 0.15) is 12.8 Å². The molecule has 6 heteroatoms. The van der Waals surface area contributed by atoms with E-state index in [4.69, 9.17) is 4.74 Å². The molecular weight excluding hydrogens is 352 g/mol. The molecule has 3 aromatic rings. The van der Waals surface area contributed by atoms with Gasteiger partial charge in [-0.1, -0.05) is 30.4 Å². The monoisotopic (exact) mass is 372 g/mol. The maximum absolute atomic E-state index is 12.1. The van der Waals surface area contributed by atoms with Gasteiger partial charge in [0.1, 0.15) is 12.4 Å². The van der Waals surface area contributed by atoms with E-state index in [0.717, 1.165) is 28.4 Å². The lowest BCUT2D eigenvalue weighted by atomic mass is 10.1. The molecule has 140 valence electrons. The Labute approximate surface area is 163 Å². The van der Waals surface area contributed by atoms with Gasteiger partial charge in [0.2, 0.25) is 11.9 Å². The first-order valence-corrected chi connectivity index (χ1v) is 9.14. The molecule has 6 bridgehead atoms. The number of nitrogens with one attached hydrogen (secondary N) is 2. The summed E-state index contributed by atoms with van der Waals surface area (Å²) in [6, 6.07) is 17.2. The van der Waals surface area contributed by atoms with E-state index >= 15 is 0 Å². The lowest BCUT2D eigenvalue weighted by Gasteiger charge is -2.10. The highest BCUT2D eigenvalue weighted by Gasteiger charge is 2.06. The van der Waals surface area contributed by atoms with E-state index in [1.165, 1.54) is 0 Å². The van der Waals surface area contributed by atoms with Gasteiger partial charge in [-0.2, -0.15) is 0 Å². The molecule has 0 spiro atoms. The molecule has 0 saturated carbocycles. The summed E-state index contributed by atoms with van der Waals surface area (Å²) in [5.41, 5.74) is 3.28. The Morgan fingerprint density at radius 1 is 0.929 bits per heavy atom. The van der Waals surface area contributed by atoms with Crippen LogP contribution in [0.5, 0.6) is 5.75 Å². The SMILES string of the molecule is O=C1CCC=CCOc2cccc(c2)-c2ccnc(n2)Nc2cccc(c2)N1. The highest BCUT2D eigenvalue weighted by Crippen LogP contribution is 2.24. The molecule has 0 unspecified atom stereocenters. The zero-order valence-corrected chi connectivity index (χ0v) is 15.3. The van der Waals surface area contributed by atoms with E-state index in [1.807, 2.05) is 66.7 Å². The number of benzene rings is 2. The van der Waals surface area contributed by atoms with E-state index in [9.17, 15) is 4.79 Å². The summed E-state index contributed by atoms with van der Waals surface area (Å²) in [4.78, 5) is 21.0. The molecular formula is C22H20N4O2. The van der Waals surface area contributed by atoms with Gasteiger partial charge in [0.05, 0.1) is 5.69 Å². The van der Waals surface area contributed by atoms with Gasteiger partial charge in [-0.05, 0) is 42.8 Å². The van der Waals surface area contributed by atoms with E-state index in [-0.39, 0.29) is 5.91 Å². The second kappa shape index (κ2) is 8.35. The largest absolute Gasteiger partial charge is 0.490 e. The van der Waals surface area contributed by atoms with Crippen molar-refractivity contribution in [2.24, 2.45) is 0 Å². The first kappa shape index (κ1) is 17.7. The first-order valence-electron chi connectivity index (χ1n) is 9.14. The molecule has 2 N–H and O–H groups in total. The molecule has 0 fully saturated rings. The van der Waals surface area contributed by atoms with Crippen molar-refractivity contribution in [1.82, 2.24) is 9.97 Å². The van der Waals surface area contributed by atoms with Crippen LogP contribution in [0.4, 0.5) is 17.3 Å². The van der Waals surface area contributed by atoms with E-state index in [0.29, 0.717) is 25.4 Å². The number of amides is 1. The number of hydrogen-bond donors (Lipinski definition) is 2. The van der Waals surface area contributed by atoms with Crippen LogP contribution in [0.15, 0.2) is 72.9 Å². The fourth-order valence-corrected chi connectivity index (χ4v) is 2.90. The first-order chi connectivity index (χ1) is 13.8. The summed E-state index contributed by atoms with van der Waals surface area (Å²) in [7, 11) is 0. The molecule has 6 nitrogen and oxygen atoms in total. The minimum absolute atomic E-state index is 0.0326. The van der Waals surface area contributed by atoms with Crippen LogP contribution >= 0.6 is 0 Å². The zero-order chi connectivity index (χ0) is 19.2. The predicted octanol–water partition coefficient (Wildman–Crippen LogP) is 4.55. The molecule has 0 radical (unpaired) electrons. The number of carbonyl (C=O) groups excluding carboxylic acids is 1. The molecule has 28 heavy (non-hydrogen) atoms. The third-order valence-electron chi connectivity index (χ3n) is 4.24. The highest BCUT2D eigenvalue weighted by molar-refractivity contribution is 5.91. The molecule has 4 rings (SSSR count). The number of aromatic nitrogens is 2. The summed E-state index contributed by atoms with van der Waals surface area (Å²) in [6.07, 6.45) is 6.67. The van der Waals surface area contributed by atoms with Crippen LogP contribution in [-0.4, -0.2) is 22.5 Å². The van der Waals surface area contributed by atoms with Crippen LogP contribution in [0.3, 0.4) is 0 Å². The second-order valence-corrected chi connectivity index (χ2v) is 6.37. The molecule has 2 heterocycles. The number of hydrogen-bond acceptors (Lipinski definition) is 5. The predicted molar refractivity (Wildman–Crippen MR) is 110 cm³/mol. The number of nitrogens with zero attached hydrogens (tertiary/aromatic N) is 2. The minimum atomic E-state index is -0.0326. The van der Waals surface area contributed by atoms with Crippen LogP contribution in [0.2, 0.25) is 0 Å². The Morgan fingerprint density at radius 2 is 1.79 bits per heavy atom. The Hall–Kier alpha value is -3.67. The van der Waals surface area contributed by atoms with Gasteiger partial charge < -0.3 is 15.4 Å². The van der Waals surface area contributed by atoms with Gasteiger partial charge in [0.25, 0.3) is 0 Å². The Morgan fingerprint density at radius 3 is 2.71 bits per heavy atom. The quantitative estimate of drug-likeness (QED) is 0.566. The standard InChI is InChI=1S/C22H20N4O2/c27-21-10-2-1-3-13-28-19-9-4-6-16(14-19)20-11-12-23-22(26-20)25-18-8-5-7-17(15-18)24-21/h1,3-9,11-12,14-15H,2,10,13H2,(H,24,27)(H,23,25,26). The lowest BCUT2D eigenvalue weighted by molar-refractivity contribution is -0.116. The van der Waals surface area contributed by atoms with Crippen molar-refractivity contribution in [2.45, 2.75) is 12.8 Å². The van der Waals surface area contributed by atoms with Crippen LogP contribution < -0.4 is 15.4 Å². The number of anilines is 3. The molecule has 0 atom stereocenters. The van der Waals surface area contributed by atoms with E-state index < -0.39 is 0 Å². The fraction of sp³-hybridized carbons (Fsp3) is 0.136. The molecule has 1 amide bonds. The second-order valence-electron chi connectivity index (χ2n) is 6.37. The summed E-state index contributed by atoms with van der Waals surface area (Å²) in [5, 5.41) is 6.11. The average Bonchev–Trinajstić information content (AvgIpc) is 2.71. The summed E-state index contributed by atoms with van der Waals surface area (Å²) < 4.78 is 5.78. The fourth-order valence-electron chi connectivity index (χ4n) is 2.90. The molecule has 1 aliphatic heterocycles. The number of allylic oxidation sites excluding steroid dienone is 1. The highest BCUT2D eigenvalue weighted by atomic mass is 16.5. The van der Waals surface area contributed by atoms with Gasteiger partial charge in [-0.25, -0.2) is 9.97 Å². The third-order valence-corrected chi connectivity index (χ3v) is 4.24. The molecule has 1 aromatic heterocycles. The number of fused-ring (bicyclic) bond motifs is 7. The Kier molecular flexibility index (Phi) is 5.29. The van der Waals surface area contributed by atoms with Crippen LogP contribution in [-0.2, 0) is 4.79 Å². The Bertz CT molecular complexity index is 1020. The van der Waals surface area contributed by atoms with E-state index in [2.05, 4.69) is 20.6 Å². The van der Waals surface area contributed by atoms with Crippen molar-refractivity contribution >= 4 is 23.2 Å². The third kappa shape index (κ3) is 4.54. The molecule has 1 aliphatic rings.